The summed E-state index contributed by atoms with van der Waals surface area (Å²) >= 11 is 8.82. The van der Waals surface area contributed by atoms with E-state index in [1.54, 1.807) is 0 Å². The first kappa shape index (κ1) is 33.6. The average Bonchev–Trinajstić information content (AvgIpc) is 2.80. The van der Waals surface area contributed by atoms with E-state index in [4.69, 9.17) is 11.6 Å². The van der Waals surface area contributed by atoms with Gasteiger partial charge in [0.25, 0.3) is 0 Å². The number of carbonyl (C=O) groups is 2. The predicted molar refractivity (Wildman–Crippen MR) is 130 cm³/mol. The zero-order chi connectivity index (χ0) is 30.8. The molecule has 2 aromatic rings. The molecule has 0 spiro atoms. The highest BCUT2D eigenvalue weighted by atomic mass is 79.9. The van der Waals surface area contributed by atoms with Crippen molar-refractivity contribution in [3.8, 4) is 0 Å². The van der Waals surface area contributed by atoms with Gasteiger partial charge in [-0.2, -0.15) is 39.5 Å². The summed E-state index contributed by atoms with van der Waals surface area (Å²) in [5.74, 6) is -8.15. The monoisotopic (exact) mass is 669 g/mol. The summed E-state index contributed by atoms with van der Waals surface area (Å²) in [4.78, 5) is 25.0. The van der Waals surface area contributed by atoms with Crippen LogP contribution >= 0.6 is 27.5 Å². The quantitative estimate of drug-likeness (QED) is 0.208. The molecule has 0 fully saturated rings. The number of hydrogen-bond acceptors (Lipinski definition) is 2. The zero-order valence-electron chi connectivity index (χ0n) is 20.4. The molecule has 0 aromatic heterocycles. The molecule has 0 heterocycles. The van der Waals surface area contributed by atoms with E-state index >= 15 is 0 Å². The number of ketones is 1. The molecule has 1 unspecified atom stereocenters. The Bertz CT molecular complexity index is 1290. The van der Waals surface area contributed by atoms with Crippen LogP contribution in [-0.2, 0) is 11.0 Å². The highest BCUT2D eigenvalue weighted by molar-refractivity contribution is 9.10. The first-order valence-corrected chi connectivity index (χ1v) is 12.2. The molecule has 0 N–H and O–H groups in total. The van der Waals surface area contributed by atoms with Gasteiger partial charge in [-0.1, -0.05) is 36.7 Å². The molecule has 3 nitrogen and oxygen atoms in total. The van der Waals surface area contributed by atoms with Gasteiger partial charge in [-0.05, 0) is 45.8 Å². The molecule has 2 atom stereocenters. The van der Waals surface area contributed by atoms with E-state index in [0.717, 1.165) is 26.1 Å². The molecule has 220 valence electrons. The van der Waals surface area contributed by atoms with Gasteiger partial charge < -0.3 is 4.90 Å². The second-order valence-electron chi connectivity index (χ2n) is 8.80. The van der Waals surface area contributed by atoms with Crippen molar-refractivity contribution in [2.75, 3.05) is 13.6 Å². The van der Waals surface area contributed by atoms with Crippen molar-refractivity contribution < 1.29 is 53.5 Å². The Morgan fingerprint density at radius 3 is 2.10 bits per heavy atom. The number of hydrogen-bond donors (Lipinski definition) is 0. The molecule has 2 rings (SSSR count). The van der Waals surface area contributed by atoms with Crippen LogP contribution in [0.15, 0.2) is 46.9 Å². The third-order valence-corrected chi connectivity index (χ3v) is 6.81. The largest absolute Gasteiger partial charge is 0.417 e. The van der Waals surface area contributed by atoms with E-state index < -0.39 is 83.1 Å². The topological polar surface area (TPSA) is 37.4 Å². The van der Waals surface area contributed by atoms with Crippen molar-refractivity contribution >= 4 is 45.0 Å². The average molecular weight is 671 g/mol. The third kappa shape index (κ3) is 8.95. The minimum Gasteiger partial charge on any atom is -0.336 e. The lowest BCUT2D eigenvalue weighted by atomic mass is 9.92. The lowest BCUT2D eigenvalue weighted by molar-refractivity contribution is -0.160. The Morgan fingerprint density at radius 1 is 1.00 bits per heavy atom. The third-order valence-electron chi connectivity index (χ3n) is 5.58. The van der Waals surface area contributed by atoms with Crippen molar-refractivity contribution in [3.05, 3.63) is 74.2 Å². The van der Waals surface area contributed by atoms with E-state index in [9.17, 15) is 53.5 Å². The summed E-state index contributed by atoms with van der Waals surface area (Å²) in [6.07, 6.45) is -15.9. The van der Waals surface area contributed by atoms with Crippen LogP contribution in [0.2, 0.25) is 5.02 Å². The molecule has 15 heteroatoms. The summed E-state index contributed by atoms with van der Waals surface area (Å²) in [7, 11) is 0.804. The van der Waals surface area contributed by atoms with Gasteiger partial charge in [0.15, 0.2) is 5.78 Å². The first-order valence-electron chi connectivity index (χ1n) is 11.1. The summed E-state index contributed by atoms with van der Waals surface area (Å²) in [5.41, 5.74) is -4.14. The Labute approximate surface area is 234 Å². The van der Waals surface area contributed by atoms with Crippen LogP contribution in [0.3, 0.4) is 0 Å². The molecule has 0 saturated heterocycles. The van der Waals surface area contributed by atoms with Crippen LogP contribution in [0.5, 0.6) is 0 Å². The number of nitrogens with zero attached hydrogens (tertiary/aromatic N) is 1. The number of amides is 1. The molecule has 0 aliphatic rings. The van der Waals surface area contributed by atoms with Crippen molar-refractivity contribution in [2.24, 2.45) is 5.92 Å². The smallest absolute Gasteiger partial charge is 0.336 e. The van der Waals surface area contributed by atoms with Gasteiger partial charge in [-0.15, -0.1) is 0 Å². The second kappa shape index (κ2) is 12.5. The highest BCUT2D eigenvalue weighted by Gasteiger charge is 2.41. The number of alkyl halides is 9. The zero-order valence-corrected chi connectivity index (χ0v) is 22.8. The van der Waals surface area contributed by atoms with E-state index in [2.05, 4.69) is 15.9 Å². The maximum atomic E-state index is 14.9. The van der Waals surface area contributed by atoms with Gasteiger partial charge in [-0.3, -0.25) is 9.59 Å². The Morgan fingerprint density at radius 2 is 1.60 bits per heavy atom. The summed E-state index contributed by atoms with van der Waals surface area (Å²) < 4.78 is 135. The van der Waals surface area contributed by atoms with Crippen LogP contribution < -0.4 is 0 Å². The molecule has 0 aliphatic carbocycles. The minimum atomic E-state index is -5.27. The summed E-state index contributed by atoms with van der Waals surface area (Å²) in [6.45, 7) is -0.605. The fraction of sp³-hybridized carbons (Fsp3) is 0.360. The van der Waals surface area contributed by atoms with Gasteiger partial charge in [0.1, 0.15) is 18.3 Å². The Kier molecular flexibility index (Phi) is 10.5. The number of halogens is 12. The van der Waals surface area contributed by atoms with Gasteiger partial charge in [0, 0.05) is 35.0 Å². The van der Waals surface area contributed by atoms with Crippen LogP contribution in [-0.4, -0.2) is 42.5 Å². The van der Waals surface area contributed by atoms with Gasteiger partial charge in [0.2, 0.25) is 5.91 Å². The molecule has 0 radical (unpaired) electrons. The van der Waals surface area contributed by atoms with Crippen LogP contribution in [0, 0.1) is 5.92 Å². The number of carbonyl (C=O) groups excluding carboxylic acids is 2. The normalized spacial score (nSPS) is 14.6. The molecule has 0 bridgehead atoms. The summed E-state index contributed by atoms with van der Waals surface area (Å²) in [5, 5.41) is -0.125. The Hall–Kier alpha value is -2.61. The maximum absolute atomic E-state index is 14.9. The SMILES string of the molecule is C[C@@H](CC(=O)c1ccc(/C(F)=C/C(c2ccc(Br)c(Cl)c2)C(F)(F)F)cc1C(F)(F)F)C(=O)N(C)CC(F)(F)F. The first-order chi connectivity index (χ1) is 18.1. The Balaban J connectivity index is 2.44. The molecular weight excluding hydrogens is 652 g/mol. The van der Waals surface area contributed by atoms with E-state index in [-0.39, 0.29) is 26.5 Å². The molecule has 0 aliphatic heterocycles. The lowest BCUT2D eigenvalue weighted by Crippen LogP contribution is -2.39. The second-order valence-corrected chi connectivity index (χ2v) is 10.1. The van der Waals surface area contributed by atoms with Crippen LogP contribution in [0.25, 0.3) is 5.83 Å². The molecule has 2 aromatic carbocycles. The minimum absolute atomic E-state index is 0.0633. The standard InChI is InChI=1S/C25H19BrClF10NO2/c1-12(22(40)38(2)11-23(29,30)31)7-21(39)15-5-3-14(8-17(15)25(35,36)37)20(28)10-16(24(32,33)34)13-4-6-18(26)19(27)9-13/h3-6,8-10,12,16H,7,11H2,1-2H3/b20-10-/t12-,16?/m0/s1. The number of Topliss-reactive ketones (excluding diaryl/α,β-unsaturated/α-hetero) is 1. The molecule has 40 heavy (non-hydrogen) atoms. The van der Waals surface area contributed by atoms with Gasteiger partial charge in [0.05, 0.1) is 10.6 Å². The molecule has 0 saturated carbocycles. The van der Waals surface area contributed by atoms with Gasteiger partial charge in [-0.25, -0.2) is 4.39 Å². The van der Waals surface area contributed by atoms with Crippen molar-refractivity contribution in [1.29, 1.82) is 0 Å². The van der Waals surface area contributed by atoms with Gasteiger partial charge >= 0.3 is 18.5 Å². The van der Waals surface area contributed by atoms with E-state index in [0.29, 0.717) is 12.1 Å². The number of allylic oxidation sites excluding steroid dienone is 1. The van der Waals surface area contributed by atoms with Crippen molar-refractivity contribution in [3.63, 3.8) is 0 Å². The molecule has 1 amide bonds. The number of rotatable bonds is 8. The van der Waals surface area contributed by atoms with E-state index in [1.165, 1.54) is 6.07 Å². The van der Waals surface area contributed by atoms with Crippen LogP contribution in [0.1, 0.15) is 46.3 Å². The highest BCUT2D eigenvalue weighted by Crippen LogP contribution is 2.41. The molecular formula is C25H19BrClF10NO2. The lowest BCUT2D eigenvalue weighted by Gasteiger charge is -2.22. The van der Waals surface area contributed by atoms with Crippen molar-refractivity contribution in [1.82, 2.24) is 4.90 Å². The number of benzene rings is 2. The summed E-state index contributed by atoms with van der Waals surface area (Å²) in [6, 6.07) is 4.41. The van der Waals surface area contributed by atoms with E-state index in [1.807, 2.05) is 0 Å². The maximum Gasteiger partial charge on any atom is 0.417 e. The van der Waals surface area contributed by atoms with Crippen molar-refractivity contribution in [2.45, 2.75) is 37.8 Å². The fourth-order valence-corrected chi connectivity index (χ4v) is 4.13. The predicted octanol–water partition coefficient (Wildman–Crippen LogP) is 9.01. The van der Waals surface area contributed by atoms with Crippen LogP contribution in [0.4, 0.5) is 43.9 Å². The fourth-order valence-electron chi connectivity index (χ4n) is 3.70.